The second-order valence-corrected chi connectivity index (χ2v) is 3.57. The predicted octanol–water partition coefficient (Wildman–Crippen LogP) is 0.739. The molecule has 3 N–H and O–H groups in total. The summed E-state index contributed by atoms with van der Waals surface area (Å²) < 4.78 is 4.94. The molecule has 0 saturated heterocycles. The highest BCUT2D eigenvalue weighted by Gasteiger charge is 2.25. The van der Waals surface area contributed by atoms with Crippen molar-refractivity contribution in [1.82, 2.24) is 4.98 Å². The lowest BCUT2D eigenvalue weighted by Crippen LogP contribution is -2.35. The highest BCUT2D eigenvalue weighted by Crippen LogP contribution is 2.23. The molecule has 1 aromatic rings. The van der Waals surface area contributed by atoms with E-state index in [-0.39, 0.29) is 6.42 Å². The molecule has 82 valence electrons. The lowest BCUT2D eigenvalue weighted by Gasteiger charge is -2.23. The van der Waals surface area contributed by atoms with Crippen LogP contribution >= 0.6 is 0 Å². The molecule has 0 aliphatic carbocycles. The first-order valence-electron chi connectivity index (χ1n) is 4.47. The number of hydrogen-bond donors (Lipinski definition) is 2. The number of pyridine rings is 1. The average molecular weight is 210 g/mol. The Hall–Kier alpha value is -1.62. The van der Waals surface area contributed by atoms with E-state index in [1.807, 2.05) is 0 Å². The number of nitrogens with two attached hydrogens (primary N) is 1. The first-order chi connectivity index (χ1) is 6.95. The van der Waals surface area contributed by atoms with Crippen LogP contribution in [0, 0.1) is 0 Å². The molecule has 1 aromatic heterocycles. The third kappa shape index (κ3) is 2.92. The number of rotatable bonds is 4. The Morgan fingerprint density at radius 3 is 2.93 bits per heavy atom. The molecule has 0 saturated carbocycles. The van der Waals surface area contributed by atoms with E-state index >= 15 is 0 Å². The molecule has 1 rings (SSSR count). The molecule has 0 unspecified atom stereocenters. The maximum atomic E-state index is 10.6. The molecule has 15 heavy (non-hydrogen) atoms. The fourth-order valence-corrected chi connectivity index (χ4v) is 1.29. The number of carboxylic acids is 1. The van der Waals surface area contributed by atoms with E-state index in [1.54, 1.807) is 25.3 Å². The molecular formula is C10H14N2O3. The van der Waals surface area contributed by atoms with Crippen LogP contribution in [0.3, 0.4) is 0 Å². The number of carbonyl (C=O) groups is 1. The maximum absolute atomic E-state index is 10.6. The van der Waals surface area contributed by atoms with Crippen LogP contribution in [0.5, 0.6) is 5.88 Å². The molecule has 0 fully saturated rings. The van der Waals surface area contributed by atoms with Crippen molar-refractivity contribution in [2.45, 2.75) is 18.9 Å². The van der Waals surface area contributed by atoms with Crippen LogP contribution in [-0.2, 0) is 10.3 Å². The summed E-state index contributed by atoms with van der Waals surface area (Å²) in [7, 11) is 1.50. The van der Waals surface area contributed by atoms with Gasteiger partial charge in [-0.05, 0) is 18.6 Å². The smallest absolute Gasteiger partial charge is 0.305 e. The van der Waals surface area contributed by atoms with E-state index in [1.165, 1.54) is 7.11 Å². The van der Waals surface area contributed by atoms with Gasteiger partial charge in [-0.15, -0.1) is 0 Å². The van der Waals surface area contributed by atoms with Crippen LogP contribution < -0.4 is 10.5 Å². The second-order valence-electron chi connectivity index (χ2n) is 3.57. The molecule has 5 heteroatoms. The molecule has 0 radical (unpaired) electrons. The molecule has 1 heterocycles. The van der Waals surface area contributed by atoms with Gasteiger partial charge in [-0.25, -0.2) is 4.98 Å². The Morgan fingerprint density at radius 2 is 2.40 bits per heavy atom. The zero-order chi connectivity index (χ0) is 11.5. The van der Waals surface area contributed by atoms with E-state index in [4.69, 9.17) is 15.6 Å². The van der Waals surface area contributed by atoms with Gasteiger partial charge in [-0.3, -0.25) is 4.79 Å². The largest absolute Gasteiger partial charge is 0.481 e. The van der Waals surface area contributed by atoms with Gasteiger partial charge in [0.2, 0.25) is 5.88 Å². The normalized spacial score (nSPS) is 14.3. The Balaban J connectivity index is 2.98. The Labute approximate surface area is 87.9 Å². The van der Waals surface area contributed by atoms with Crippen molar-refractivity contribution in [2.24, 2.45) is 5.73 Å². The molecule has 0 amide bonds. The second kappa shape index (κ2) is 4.27. The summed E-state index contributed by atoms with van der Waals surface area (Å²) in [5.74, 6) is -0.509. The quantitative estimate of drug-likeness (QED) is 0.765. The van der Waals surface area contributed by atoms with E-state index in [9.17, 15) is 4.79 Å². The zero-order valence-corrected chi connectivity index (χ0v) is 8.73. The van der Waals surface area contributed by atoms with Gasteiger partial charge < -0.3 is 15.6 Å². The molecule has 0 aliphatic rings. The number of ether oxygens (including phenoxy) is 1. The van der Waals surface area contributed by atoms with Crippen LogP contribution in [0.2, 0.25) is 0 Å². The van der Waals surface area contributed by atoms with E-state index in [0.717, 1.165) is 0 Å². The van der Waals surface area contributed by atoms with Crippen LogP contribution in [0.1, 0.15) is 18.9 Å². The van der Waals surface area contributed by atoms with Crippen molar-refractivity contribution in [3.63, 3.8) is 0 Å². The summed E-state index contributed by atoms with van der Waals surface area (Å²) in [4.78, 5) is 14.5. The minimum atomic E-state index is -0.934. The third-order valence-electron chi connectivity index (χ3n) is 2.12. The van der Waals surface area contributed by atoms with Crippen LogP contribution in [0.25, 0.3) is 0 Å². The van der Waals surface area contributed by atoms with Crippen molar-refractivity contribution >= 4 is 5.97 Å². The summed E-state index contributed by atoms with van der Waals surface area (Å²) in [5.41, 5.74) is 5.68. The number of aliphatic carboxylic acids is 1. The highest BCUT2D eigenvalue weighted by atomic mass is 16.5. The summed E-state index contributed by atoms with van der Waals surface area (Å²) in [6.07, 6.45) is 1.40. The van der Waals surface area contributed by atoms with Crippen molar-refractivity contribution in [3.8, 4) is 5.88 Å². The van der Waals surface area contributed by atoms with Crippen molar-refractivity contribution in [2.75, 3.05) is 7.11 Å². The van der Waals surface area contributed by atoms with Gasteiger partial charge in [0.1, 0.15) is 0 Å². The fraction of sp³-hybridized carbons (Fsp3) is 0.400. The number of carboxylic acid groups (broad SMARTS) is 1. The zero-order valence-electron chi connectivity index (χ0n) is 8.73. The van der Waals surface area contributed by atoms with Gasteiger partial charge in [0.15, 0.2) is 0 Å². The molecular weight excluding hydrogens is 196 g/mol. The van der Waals surface area contributed by atoms with Gasteiger partial charge in [0.05, 0.1) is 13.5 Å². The number of aromatic nitrogens is 1. The van der Waals surface area contributed by atoms with Gasteiger partial charge in [-0.2, -0.15) is 0 Å². The predicted molar refractivity (Wildman–Crippen MR) is 54.6 cm³/mol. The number of hydrogen-bond acceptors (Lipinski definition) is 4. The van der Waals surface area contributed by atoms with Crippen molar-refractivity contribution in [1.29, 1.82) is 0 Å². The fourth-order valence-electron chi connectivity index (χ4n) is 1.29. The summed E-state index contributed by atoms with van der Waals surface area (Å²) in [5, 5.41) is 8.71. The minimum absolute atomic E-state index is 0.139. The molecule has 0 aliphatic heterocycles. The highest BCUT2D eigenvalue weighted by molar-refractivity contribution is 5.68. The van der Waals surface area contributed by atoms with Crippen LogP contribution in [0.15, 0.2) is 18.3 Å². The Morgan fingerprint density at radius 1 is 1.73 bits per heavy atom. The van der Waals surface area contributed by atoms with E-state index < -0.39 is 11.5 Å². The van der Waals surface area contributed by atoms with Crippen molar-refractivity contribution in [3.05, 3.63) is 23.9 Å². The minimum Gasteiger partial charge on any atom is -0.481 e. The lowest BCUT2D eigenvalue weighted by molar-refractivity contribution is -0.138. The van der Waals surface area contributed by atoms with E-state index in [0.29, 0.717) is 11.4 Å². The standard InChI is InChI=1S/C10H14N2O3/c1-10(11,6-9(13)14)7-3-4-12-8(5-7)15-2/h3-5H,6,11H2,1-2H3,(H,13,14)/t10-/m0/s1. The molecule has 0 bridgehead atoms. The van der Waals surface area contributed by atoms with E-state index in [2.05, 4.69) is 4.98 Å². The van der Waals surface area contributed by atoms with Gasteiger partial charge in [0, 0.05) is 17.8 Å². The SMILES string of the molecule is COc1cc([C@@](C)(N)CC(=O)O)ccn1. The van der Waals surface area contributed by atoms with Gasteiger partial charge >= 0.3 is 5.97 Å². The number of nitrogens with zero attached hydrogens (tertiary/aromatic N) is 1. The molecule has 5 nitrogen and oxygen atoms in total. The van der Waals surface area contributed by atoms with Crippen LogP contribution in [-0.4, -0.2) is 23.2 Å². The topological polar surface area (TPSA) is 85.4 Å². The molecule has 0 spiro atoms. The van der Waals surface area contributed by atoms with Gasteiger partial charge in [0.25, 0.3) is 0 Å². The van der Waals surface area contributed by atoms with Crippen molar-refractivity contribution < 1.29 is 14.6 Å². The van der Waals surface area contributed by atoms with Gasteiger partial charge in [-0.1, -0.05) is 0 Å². The summed E-state index contributed by atoms with van der Waals surface area (Å²) >= 11 is 0. The summed E-state index contributed by atoms with van der Waals surface area (Å²) in [6.45, 7) is 1.66. The number of methoxy groups -OCH3 is 1. The monoisotopic (exact) mass is 210 g/mol. The average Bonchev–Trinajstić information content (AvgIpc) is 2.16. The first-order valence-corrected chi connectivity index (χ1v) is 4.47. The molecule has 0 aromatic carbocycles. The maximum Gasteiger partial charge on any atom is 0.305 e. The molecule has 1 atom stereocenters. The van der Waals surface area contributed by atoms with Crippen LogP contribution in [0.4, 0.5) is 0 Å². The Bertz CT molecular complexity index is 363. The first kappa shape index (κ1) is 11.5. The third-order valence-corrected chi connectivity index (χ3v) is 2.12. The Kier molecular flexibility index (Phi) is 3.26. The lowest BCUT2D eigenvalue weighted by atomic mass is 9.90. The summed E-state index contributed by atoms with van der Waals surface area (Å²) in [6, 6.07) is 3.33.